The topological polar surface area (TPSA) is 55.6 Å². The van der Waals surface area contributed by atoms with Crippen LogP contribution in [0.1, 0.15) is 18.2 Å². The zero-order valence-electron chi connectivity index (χ0n) is 15.8. The number of fused-ring (bicyclic) bond motifs is 1. The minimum atomic E-state index is -0.0595. The number of furan rings is 1. The number of rotatable bonds is 7. The lowest BCUT2D eigenvalue weighted by atomic mass is 10.1. The number of hydrogen-bond donors (Lipinski definition) is 0. The van der Waals surface area contributed by atoms with Crippen LogP contribution in [-0.2, 0) is 17.8 Å². The fraction of sp³-hybridized carbons (Fsp3) is 0.182. The second kappa shape index (κ2) is 8.68. The number of thiazole rings is 1. The summed E-state index contributed by atoms with van der Waals surface area (Å²) in [5, 5.41) is 1.26. The van der Waals surface area contributed by atoms with Crippen molar-refractivity contribution < 1.29 is 13.9 Å². The average Bonchev–Trinajstić information content (AvgIpc) is 3.36. The normalized spacial score (nSPS) is 11.0. The Morgan fingerprint density at radius 1 is 1.21 bits per heavy atom. The molecule has 29 heavy (non-hydrogen) atoms. The Morgan fingerprint density at radius 2 is 2.03 bits per heavy atom. The number of anilines is 1. The van der Waals surface area contributed by atoms with Crippen molar-refractivity contribution in [2.24, 2.45) is 0 Å². The molecule has 0 atom stereocenters. The van der Waals surface area contributed by atoms with Gasteiger partial charge in [0, 0.05) is 5.02 Å². The van der Waals surface area contributed by atoms with Gasteiger partial charge in [-0.05, 0) is 55.0 Å². The molecule has 0 aliphatic carbocycles. The maximum Gasteiger partial charge on any atom is 0.233 e. The molecule has 2 aromatic heterocycles. The summed E-state index contributed by atoms with van der Waals surface area (Å²) in [7, 11) is 0. The zero-order valence-corrected chi connectivity index (χ0v) is 17.4. The Balaban J connectivity index is 1.61. The fourth-order valence-corrected chi connectivity index (χ4v) is 4.22. The number of hydrogen-bond acceptors (Lipinski definition) is 5. The Labute approximate surface area is 177 Å². The number of nitrogens with zero attached hydrogens (tertiary/aromatic N) is 2. The highest BCUT2D eigenvalue weighted by molar-refractivity contribution is 7.22. The second-order valence-electron chi connectivity index (χ2n) is 6.42. The van der Waals surface area contributed by atoms with Crippen molar-refractivity contribution in [3.8, 4) is 5.75 Å². The molecule has 2 aromatic carbocycles. The first-order valence-electron chi connectivity index (χ1n) is 9.23. The largest absolute Gasteiger partial charge is 0.494 e. The number of carbonyl (C=O) groups is 1. The van der Waals surface area contributed by atoms with E-state index >= 15 is 0 Å². The van der Waals surface area contributed by atoms with E-state index < -0.39 is 0 Å². The van der Waals surface area contributed by atoms with Gasteiger partial charge in [0.25, 0.3) is 0 Å². The maximum absolute atomic E-state index is 13.2. The van der Waals surface area contributed by atoms with Gasteiger partial charge in [0.2, 0.25) is 5.91 Å². The Hall–Kier alpha value is -2.83. The predicted octanol–water partition coefficient (Wildman–Crippen LogP) is 5.72. The summed E-state index contributed by atoms with van der Waals surface area (Å²) >= 11 is 7.54. The van der Waals surface area contributed by atoms with Gasteiger partial charge in [-0.3, -0.25) is 9.69 Å². The lowest BCUT2D eigenvalue weighted by Crippen LogP contribution is -2.31. The molecular formula is C22H19ClN2O3S. The monoisotopic (exact) mass is 426 g/mol. The molecule has 1 amide bonds. The minimum absolute atomic E-state index is 0.0595. The van der Waals surface area contributed by atoms with Crippen LogP contribution in [0.4, 0.5) is 5.13 Å². The molecule has 0 radical (unpaired) electrons. The fourth-order valence-electron chi connectivity index (χ4n) is 2.96. The van der Waals surface area contributed by atoms with Crippen LogP contribution < -0.4 is 9.64 Å². The van der Waals surface area contributed by atoms with Gasteiger partial charge in [-0.25, -0.2) is 4.98 Å². The number of aromatic nitrogens is 1. The summed E-state index contributed by atoms with van der Waals surface area (Å²) in [4.78, 5) is 19.5. The van der Waals surface area contributed by atoms with Gasteiger partial charge < -0.3 is 9.15 Å². The molecule has 0 saturated heterocycles. The van der Waals surface area contributed by atoms with E-state index in [1.165, 1.54) is 11.3 Å². The van der Waals surface area contributed by atoms with Gasteiger partial charge in [-0.2, -0.15) is 0 Å². The van der Waals surface area contributed by atoms with Gasteiger partial charge in [0.1, 0.15) is 11.5 Å². The maximum atomic E-state index is 13.2. The van der Waals surface area contributed by atoms with E-state index in [4.69, 9.17) is 20.8 Å². The second-order valence-corrected chi connectivity index (χ2v) is 7.87. The van der Waals surface area contributed by atoms with Crippen LogP contribution in [0.2, 0.25) is 5.02 Å². The summed E-state index contributed by atoms with van der Waals surface area (Å²) in [6.45, 7) is 2.86. The molecule has 4 rings (SSSR count). The number of benzene rings is 2. The van der Waals surface area contributed by atoms with Crippen molar-refractivity contribution in [1.82, 2.24) is 4.98 Å². The van der Waals surface area contributed by atoms with Crippen LogP contribution in [-0.4, -0.2) is 17.5 Å². The molecule has 148 valence electrons. The van der Waals surface area contributed by atoms with Crippen molar-refractivity contribution in [2.75, 3.05) is 11.5 Å². The first-order chi connectivity index (χ1) is 14.1. The number of carbonyl (C=O) groups excluding carboxylic acids is 1. The average molecular weight is 427 g/mol. The van der Waals surface area contributed by atoms with Crippen molar-refractivity contribution in [2.45, 2.75) is 19.9 Å². The highest BCUT2D eigenvalue weighted by Crippen LogP contribution is 2.32. The Kier molecular flexibility index (Phi) is 5.83. The quantitative estimate of drug-likeness (QED) is 0.379. The summed E-state index contributed by atoms with van der Waals surface area (Å²) in [6.07, 6.45) is 1.85. The van der Waals surface area contributed by atoms with E-state index in [1.807, 2.05) is 55.5 Å². The van der Waals surface area contributed by atoms with Crippen LogP contribution in [0.5, 0.6) is 5.75 Å². The smallest absolute Gasteiger partial charge is 0.233 e. The molecule has 0 N–H and O–H groups in total. The molecule has 2 heterocycles. The molecule has 4 aromatic rings. The van der Waals surface area contributed by atoms with Gasteiger partial charge in [0.05, 0.1) is 36.1 Å². The minimum Gasteiger partial charge on any atom is -0.494 e. The van der Waals surface area contributed by atoms with E-state index in [2.05, 4.69) is 4.98 Å². The van der Waals surface area contributed by atoms with Crippen LogP contribution >= 0.6 is 22.9 Å². The summed E-state index contributed by atoms with van der Waals surface area (Å²) in [5.74, 6) is 1.43. The van der Waals surface area contributed by atoms with E-state index in [0.29, 0.717) is 29.1 Å². The van der Waals surface area contributed by atoms with Crippen molar-refractivity contribution in [3.05, 3.63) is 77.2 Å². The third kappa shape index (κ3) is 4.60. The first kappa shape index (κ1) is 19.5. The van der Waals surface area contributed by atoms with E-state index in [0.717, 1.165) is 21.5 Å². The van der Waals surface area contributed by atoms with Crippen molar-refractivity contribution >= 4 is 44.2 Å². The lowest BCUT2D eigenvalue weighted by molar-refractivity contribution is -0.118. The lowest BCUT2D eigenvalue weighted by Gasteiger charge is -2.19. The van der Waals surface area contributed by atoms with E-state index in [1.54, 1.807) is 17.2 Å². The van der Waals surface area contributed by atoms with Crippen molar-refractivity contribution in [3.63, 3.8) is 0 Å². The van der Waals surface area contributed by atoms with Gasteiger partial charge >= 0.3 is 0 Å². The van der Waals surface area contributed by atoms with Crippen LogP contribution in [0, 0.1) is 0 Å². The van der Waals surface area contributed by atoms with Crippen LogP contribution in [0.15, 0.2) is 65.3 Å². The van der Waals surface area contributed by atoms with Gasteiger partial charge in [-0.1, -0.05) is 35.1 Å². The van der Waals surface area contributed by atoms with Crippen molar-refractivity contribution in [1.29, 1.82) is 0 Å². The summed E-state index contributed by atoms with van der Waals surface area (Å²) in [5.41, 5.74) is 1.72. The molecule has 0 aliphatic rings. The molecule has 0 unspecified atom stereocenters. The highest BCUT2D eigenvalue weighted by atomic mass is 35.5. The summed E-state index contributed by atoms with van der Waals surface area (Å²) < 4.78 is 11.9. The first-order valence-corrected chi connectivity index (χ1v) is 10.4. The zero-order chi connectivity index (χ0) is 20.2. The third-order valence-corrected chi connectivity index (χ3v) is 5.63. The molecule has 0 bridgehead atoms. The number of ether oxygens (including phenoxy) is 1. The Morgan fingerprint density at radius 3 is 2.76 bits per heavy atom. The van der Waals surface area contributed by atoms with E-state index in [-0.39, 0.29) is 12.3 Å². The number of amides is 1. The van der Waals surface area contributed by atoms with Crippen LogP contribution in [0.25, 0.3) is 10.2 Å². The molecule has 0 aliphatic heterocycles. The SMILES string of the molecule is CCOc1ccc(CC(=O)N(Cc2ccco2)c2nc3ccc(Cl)cc3s2)cc1. The molecule has 7 heteroatoms. The third-order valence-electron chi connectivity index (χ3n) is 4.35. The Bertz CT molecular complexity index is 1110. The molecular weight excluding hydrogens is 408 g/mol. The highest BCUT2D eigenvalue weighted by Gasteiger charge is 2.21. The standard InChI is InChI=1S/C22H19ClN2O3S/c1-2-27-17-8-5-15(6-9-17)12-21(26)25(14-18-4-3-11-28-18)22-24-19-10-7-16(23)13-20(19)29-22/h3-11,13H,2,12,14H2,1H3. The van der Waals surface area contributed by atoms with Crippen LogP contribution in [0.3, 0.4) is 0 Å². The predicted molar refractivity (Wildman–Crippen MR) is 116 cm³/mol. The molecule has 0 spiro atoms. The molecule has 0 saturated carbocycles. The van der Waals surface area contributed by atoms with E-state index in [9.17, 15) is 4.79 Å². The summed E-state index contributed by atoms with van der Waals surface area (Å²) in [6, 6.07) is 16.7. The van der Waals surface area contributed by atoms with Gasteiger partial charge in [-0.15, -0.1) is 0 Å². The number of halogens is 1. The molecule has 5 nitrogen and oxygen atoms in total. The van der Waals surface area contributed by atoms with Gasteiger partial charge in [0.15, 0.2) is 5.13 Å². The molecule has 0 fully saturated rings.